The van der Waals surface area contributed by atoms with Crippen LogP contribution in [0, 0.1) is 0 Å². The van der Waals surface area contributed by atoms with E-state index < -0.39 is 0 Å². The van der Waals surface area contributed by atoms with E-state index in [0.29, 0.717) is 5.76 Å². The van der Waals surface area contributed by atoms with Gasteiger partial charge in [-0.15, -0.1) is 0 Å². The Labute approximate surface area is 105 Å². The Hall–Kier alpha value is -0.790. The molecule has 1 fully saturated rings. The van der Waals surface area contributed by atoms with Crippen molar-refractivity contribution in [2.24, 2.45) is 0 Å². The molecule has 2 nitrogen and oxygen atoms in total. The molecule has 1 saturated heterocycles. The minimum atomic E-state index is -0.0959. The van der Waals surface area contributed by atoms with Crippen molar-refractivity contribution in [2.75, 3.05) is 0 Å². The van der Waals surface area contributed by atoms with Crippen LogP contribution < -0.4 is 0 Å². The van der Waals surface area contributed by atoms with Crippen molar-refractivity contribution >= 4 is 5.97 Å². The summed E-state index contributed by atoms with van der Waals surface area (Å²) in [6.07, 6.45) is 12.7. The molecule has 0 amide bonds. The summed E-state index contributed by atoms with van der Waals surface area (Å²) < 4.78 is 4.83. The number of allylic oxidation sites excluding steroid dienone is 1. The average Bonchev–Trinajstić information content (AvgIpc) is 3.04. The van der Waals surface area contributed by atoms with Gasteiger partial charge in [-0.05, 0) is 24.8 Å². The lowest BCUT2D eigenvalue weighted by Gasteiger charge is -2.02. The second-order valence-corrected chi connectivity index (χ2v) is 4.90. The Morgan fingerprint density at radius 1 is 0.941 bits per heavy atom. The first-order valence-corrected chi connectivity index (χ1v) is 7.23. The molecule has 2 heteroatoms. The third-order valence-corrected chi connectivity index (χ3v) is 3.42. The van der Waals surface area contributed by atoms with Crippen molar-refractivity contribution in [1.29, 1.82) is 0 Å². The Bertz CT molecular complexity index is 266. The molecule has 1 aliphatic heterocycles. The Morgan fingerprint density at radius 3 is 1.94 bits per heavy atom. The van der Waals surface area contributed by atoms with E-state index in [1.54, 1.807) is 0 Å². The van der Waals surface area contributed by atoms with Crippen LogP contribution in [0.25, 0.3) is 0 Å². The van der Waals surface area contributed by atoms with Gasteiger partial charge < -0.3 is 4.74 Å². The largest absolute Gasteiger partial charge is 0.413 e. The standard InChI is InChI=1S/C15H26O2/c1-3-5-6-7-8-9-10-11-12-13(4-2)14-15(16)17-14/h3-12H2,1-2H3. The molecule has 0 aliphatic carbocycles. The van der Waals surface area contributed by atoms with Crippen LogP contribution in [0.3, 0.4) is 0 Å². The molecule has 0 bridgehead atoms. The van der Waals surface area contributed by atoms with Crippen LogP contribution in [-0.2, 0) is 9.53 Å². The number of carbonyl (C=O) groups is 1. The summed E-state index contributed by atoms with van der Waals surface area (Å²) >= 11 is 0. The van der Waals surface area contributed by atoms with Gasteiger partial charge in [-0.25, -0.2) is 4.79 Å². The van der Waals surface area contributed by atoms with Crippen molar-refractivity contribution in [2.45, 2.75) is 78.1 Å². The van der Waals surface area contributed by atoms with Crippen LogP contribution in [0.4, 0.5) is 0 Å². The van der Waals surface area contributed by atoms with Gasteiger partial charge in [0.25, 0.3) is 0 Å². The zero-order valence-electron chi connectivity index (χ0n) is 11.4. The number of unbranched alkanes of at least 4 members (excludes halogenated alkanes) is 7. The third kappa shape index (κ3) is 5.90. The van der Waals surface area contributed by atoms with Gasteiger partial charge in [0.15, 0.2) is 0 Å². The van der Waals surface area contributed by atoms with Gasteiger partial charge in [-0.1, -0.05) is 58.8 Å². The maximum absolute atomic E-state index is 10.8. The highest BCUT2D eigenvalue weighted by Crippen LogP contribution is 2.28. The van der Waals surface area contributed by atoms with Crippen molar-refractivity contribution < 1.29 is 9.53 Å². The molecular formula is C15H26O2. The SMILES string of the molecule is CCCCCCCCCCC(CC)=C1OC1=O. The first kappa shape index (κ1) is 14.3. The first-order valence-electron chi connectivity index (χ1n) is 7.23. The van der Waals surface area contributed by atoms with E-state index in [-0.39, 0.29) is 5.97 Å². The van der Waals surface area contributed by atoms with E-state index in [2.05, 4.69) is 13.8 Å². The van der Waals surface area contributed by atoms with Crippen molar-refractivity contribution in [3.05, 3.63) is 11.3 Å². The van der Waals surface area contributed by atoms with Gasteiger partial charge >= 0.3 is 5.97 Å². The summed E-state index contributed by atoms with van der Waals surface area (Å²) in [6, 6.07) is 0. The number of rotatable bonds is 10. The second kappa shape index (κ2) is 8.32. The van der Waals surface area contributed by atoms with Gasteiger partial charge in [0.1, 0.15) is 0 Å². The normalized spacial score (nSPS) is 16.9. The Balaban J connectivity index is 1.95. The second-order valence-electron chi connectivity index (χ2n) is 4.90. The lowest BCUT2D eigenvalue weighted by atomic mass is 10.0. The van der Waals surface area contributed by atoms with Crippen LogP contribution in [-0.4, -0.2) is 5.97 Å². The first-order chi connectivity index (χ1) is 8.29. The van der Waals surface area contributed by atoms with Crippen LogP contribution in [0.5, 0.6) is 0 Å². The summed E-state index contributed by atoms with van der Waals surface area (Å²) in [5, 5.41) is 0. The van der Waals surface area contributed by atoms with Crippen LogP contribution in [0.1, 0.15) is 78.1 Å². The predicted molar refractivity (Wildman–Crippen MR) is 70.6 cm³/mol. The zero-order valence-corrected chi connectivity index (χ0v) is 11.4. The number of ether oxygens (including phenoxy) is 1. The molecule has 1 aliphatic rings. The predicted octanol–water partition coefficient (Wildman–Crippen LogP) is 4.74. The summed E-state index contributed by atoms with van der Waals surface area (Å²) in [5.74, 6) is 0.567. The monoisotopic (exact) mass is 238 g/mol. The summed E-state index contributed by atoms with van der Waals surface area (Å²) in [4.78, 5) is 10.8. The summed E-state index contributed by atoms with van der Waals surface area (Å²) in [6.45, 7) is 4.35. The Morgan fingerprint density at radius 2 is 1.47 bits per heavy atom. The molecule has 0 spiro atoms. The highest BCUT2D eigenvalue weighted by atomic mass is 16.6. The van der Waals surface area contributed by atoms with Gasteiger partial charge in [-0.2, -0.15) is 0 Å². The smallest absolute Gasteiger partial charge is 0.379 e. The van der Waals surface area contributed by atoms with Crippen LogP contribution in [0.15, 0.2) is 11.3 Å². The fourth-order valence-electron chi connectivity index (χ4n) is 2.21. The molecule has 0 aromatic carbocycles. The lowest BCUT2D eigenvalue weighted by Crippen LogP contribution is -1.85. The molecular weight excluding hydrogens is 212 g/mol. The summed E-state index contributed by atoms with van der Waals surface area (Å²) in [7, 11) is 0. The maximum Gasteiger partial charge on any atom is 0.379 e. The number of cyclic esters (lactones) is 1. The highest BCUT2D eigenvalue weighted by molar-refractivity contribution is 6.01. The molecule has 17 heavy (non-hydrogen) atoms. The molecule has 0 atom stereocenters. The van der Waals surface area contributed by atoms with Gasteiger partial charge in [-0.3, -0.25) is 0 Å². The van der Waals surface area contributed by atoms with E-state index in [9.17, 15) is 4.79 Å². The number of carbonyl (C=O) groups excluding carboxylic acids is 1. The molecule has 0 aromatic heterocycles. The number of hydrogen-bond donors (Lipinski definition) is 0. The highest BCUT2D eigenvalue weighted by Gasteiger charge is 2.33. The topological polar surface area (TPSA) is 29.6 Å². The fourth-order valence-corrected chi connectivity index (χ4v) is 2.21. The molecule has 0 radical (unpaired) electrons. The van der Waals surface area contributed by atoms with E-state index in [1.807, 2.05) is 0 Å². The Kier molecular flexibility index (Phi) is 6.99. The number of hydrogen-bond acceptors (Lipinski definition) is 2. The molecule has 0 aromatic rings. The van der Waals surface area contributed by atoms with Crippen molar-refractivity contribution in [3.63, 3.8) is 0 Å². The quantitative estimate of drug-likeness (QED) is 0.312. The van der Waals surface area contributed by atoms with Gasteiger partial charge in [0.2, 0.25) is 5.76 Å². The molecule has 0 saturated carbocycles. The molecule has 1 heterocycles. The fraction of sp³-hybridized carbons (Fsp3) is 0.800. The van der Waals surface area contributed by atoms with E-state index >= 15 is 0 Å². The zero-order chi connectivity index (χ0) is 12.5. The minimum absolute atomic E-state index is 0.0959. The van der Waals surface area contributed by atoms with E-state index in [1.165, 1.54) is 56.9 Å². The molecule has 0 N–H and O–H groups in total. The lowest BCUT2D eigenvalue weighted by molar-refractivity contribution is -0.117. The third-order valence-electron chi connectivity index (χ3n) is 3.42. The van der Waals surface area contributed by atoms with Crippen LogP contribution in [0.2, 0.25) is 0 Å². The van der Waals surface area contributed by atoms with Gasteiger partial charge in [0, 0.05) is 0 Å². The summed E-state index contributed by atoms with van der Waals surface area (Å²) in [5.41, 5.74) is 1.22. The van der Waals surface area contributed by atoms with Crippen LogP contribution >= 0.6 is 0 Å². The molecule has 1 rings (SSSR count). The van der Waals surface area contributed by atoms with E-state index in [0.717, 1.165) is 12.8 Å². The van der Waals surface area contributed by atoms with Crippen molar-refractivity contribution in [3.8, 4) is 0 Å². The molecule has 0 unspecified atom stereocenters. The van der Waals surface area contributed by atoms with Gasteiger partial charge in [0.05, 0.1) is 0 Å². The minimum Gasteiger partial charge on any atom is -0.413 e. The maximum atomic E-state index is 10.8. The molecule has 98 valence electrons. The van der Waals surface area contributed by atoms with E-state index in [4.69, 9.17) is 4.74 Å². The number of epoxide rings is 1. The average molecular weight is 238 g/mol. The van der Waals surface area contributed by atoms with Crippen molar-refractivity contribution in [1.82, 2.24) is 0 Å².